The van der Waals surface area contributed by atoms with E-state index < -0.39 is 41.5 Å². The molecule has 206 valence electrons. The molecule has 2 unspecified atom stereocenters. The molecule has 2 aromatic rings. The fourth-order valence-electron chi connectivity index (χ4n) is 3.83. The summed E-state index contributed by atoms with van der Waals surface area (Å²) in [6, 6.07) is 8.49. The fourth-order valence-corrected chi connectivity index (χ4v) is 4.10. The van der Waals surface area contributed by atoms with E-state index in [0.717, 1.165) is 16.7 Å². The molecule has 0 aliphatic heterocycles. The average molecular weight is 545 g/mol. The van der Waals surface area contributed by atoms with Crippen LogP contribution in [0, 0.1) is 20.8 Å². The van der Waals surface area contributed by atoms with E-state index in [1.165, 1.54) is 11.9 Å². The summed E-state index contributed by atoms with van der Waals surface area (Å²) in [7, 11) is 1.47. The van der Waals surface area contributed by atoms with E-state index in [0.29, 0.717) is 16.3 Å². The first kappa shape index (κ1) is 30.6. The van der Waals surface area contributed by atoms with Gasteiger partial charge in [-0.3, -0.25) is 14.4 Å². The molecule has 0 saturated carbocycles. The lowest BCUT2D eigenvalue weighted by molar-refractivity contribution is -0.139. The number of nitrogens with zero attached hydrogens (tertiary/aromatic N) is 1. The molecule has 0 aromatic heterocycles. The number of carbonyl (C=O) groups excluding carboxylic acids is 4. The highest BCUT2D eigenvalue weighted by Crippen LogP contribution is 2.29. The van der Waals surface area contributed by atoms with Crippen LogP contribution in [0.25, 0.3) is 0 Å². The summed E-state index contributed by atoms with van der Waals surface area (Å²) in [5.41, 5.74) is 8.22. The van der Waals surface area contributed by atoms with E-state index in [-0.39, 0.29) is 12.8 Å². The van der Waals surface area contributed by atoms with Gasteiger partial charge in [0.2, 0.25) is 11.8 Å². The molecule has 4 amide bonds. The molecule has 4 N–H and O–H groups in total. The number of ether oxygens (including phenoxy) is 1. The number of hydrogen-bond acceptors (Lipinski definition) is 5. The van der Waals surface area contributed by atoms with Crippen LogP contribution in [-0.4, -0.2) is 47.4 Å². The van der Waals surface area contributed by atoms with Crippen LogP contribution in [0.5, 0.6) is 0 Å². The van der Waals surface area contributed by atoms with Gasteiger partial charge in [-0.2, -0.15) is 0 Å². The number of aryl methyl sites for hydroxylation is 3. The van der Waals surface area contributed by atoms with Crippen LogP contribution in [0.15, 0.2) is 36.4 Å². The van der Waals surface area contributed by atoms with Crippen molar-refractivity contribution >= 4 is 41.1 Å². The molecule has 10 heteroatoms. The van der Waals surface area contributed by atoms with Gasteiger partial charge in [0.25, 0.3) is 5.91 Å². The molecule has 0 bridgehead atoms. The summed E-state index contributed by atoms with van der Waals surface area (Å²) >= 11 is 6.34. The highest BCUT2D eigenvalue weighted by molar-refractivity contribution is 6.34. The molecule has 9 nitrogen and oxygen atoms in total. The Morgan fingerprint density at radius 3 is 2.24 bits per heavy atom. The Labute approximate surface area is 229 Å². The Balaban J connectivity index is 2.47. The van der Waals surface area contributed by atoms with Crippen molar-refractivity contribution in [3.05, 3.63) is 63.7 Å². The van der Waals surface area contributed by atoms with Gasteiger partial charge in [0.05, 0.1) is 10.7 Å². The van der Waals surface area contributed by atoms with Crippen LogP contribution in [0.4, 0.5) is 10.5 Å². The van der Waals surface area contributed by atoms with E-state index in [4.69, 9.17) is 22.1 Å². The van der Waals surface area contributed by atoms with Crippen molar-refractivity contribution in [3.8, 4) is 0 Å². The summed E-state index contributed by atoms with van der Waals surface area (Å²) in [4.78, 5) is 52.7. The zero-order valence-corrected chi connectivity index (χ0v) is 23.7. The molecule has 0 saturated heterocycles. The quantitative estimate of drug-likeness (QED) is 0.426. The van der Waals surface area contributed by atoms with E-state index in [9.17, 15) is 19.2 Å². The molecular weight excluding hydrogens is 508 g/mol. The smallest absolute Gasteiger partial charge is 0.408 e. The van der Waals surface area contributed by atoms with E-state index in [1.54, 1.807) is 39.0 Å². The van der Waals surface area contributed by atoms with Crippen molar-refractivity contribution < 1.29 is 23.9 Å². The summed E-state index contributed by atoms with van der Waals surface area (Å²) in [5, 5.41) is 5.75. The Kier molecular flexibility index (Phi) is 10.3. The first-order chi connectivity index (χ1) is 17.6. The number of anilines is 1. The number of amides is 4. The third kappa shape index (κ3) is 8.48. The van der Waals surface area contributed by atoms with E-state index in [2.05, 4.69) is 10.6 Å². The lowest BCUT2D eigenvalue weighted by Crippen LogP contribution is -2.51. The first-order valence-corrected chi connectivity index (χ1v) is 12.7. The van der Waals surface area contributed by atoms with Gasteiger partial charge in [0.1, 0.15) is 17.7 Å². The Hall–Kier alpha value is -3.59. The van der Waals surface area contributed by atoms with Gasteiger partial charge in [-0.1, -0.05) is 41.9 Å². The summed E-state index contributed by atoms with van der Waals surface area (Å²) in [6.45, 7) is 10.7. The summed E-state index contributed by atoms with van der Waals surface area (Å²) < 4.78 is 5.30. The Bertz CT molecular complexity index is 1190. The number of halogens is 1. The molecule has 0 radical (unpaired) electrons. The van der Waals surface area contributed by atoms with Gasteiger partial charge >= 0.3 is 6.09 Å². The minimum Gasteiger partial charge on any atom is -0.444 e. The third-order valence-electron chi connectivity index (χ3n) is 5.97. The summed E-state index contributed by atoms with van der Waals surface area (Å²) in [6.07, 6.45) is -1.05. The molecular formula is C28H37ClN4O5. The van der Waals surface area contributed by atoms with Gasteiger partial charge in [-0.25, -0.2) is 4.79 Å². The second-order valence-electron chi connectivity index (χ2n) is 10.3. The topological polar surface area (TPSA) is 131 Å². The lowest BCUT2D eigenvalue weighted by atomic mass is 9.98. The fraction of sp³-hybridized carbons (Fsp3) is 0.429. The van der Waals surface area contributed by atoms with Crippen molar-refractivity contribution in [3.63, 3.8) is 0 Å². The SMILES string of the molecule is Cc1ccc(C(C(=O)Nc2c(C)cccc2Cl)N(C)C(=O)C(CCC(N)=O)NC(=O)OC(C)(C)C)cc1C. The number of carbonyl (C=O) groups is 4. The largest absolute Gasteiger partial charge is 0.444 e. The normalized spacial score (nSPS) is 12.7. The minimum atomic E-state index is -1.16. The average Bonchev–Trinajstić information content (AvgIpc) is 2.79. The monoisotopic (exact) mass is 544 g/mol. The van der Waals surface area contributed by atoms with Crippen molar-refractivity contribution in [1.82, 2.24) is 10.2 Å². The molecule has 0 spiro atoms. The minimum absolute atomic E-state index is 0.0668. The van der Waals surface area contributed by atoms with Crippen molar-refractivity contribution in [2.45, 2.75) is 72.1 Å². The molecule has 0 aliphatic carbocycles. The second kappa shape index (κ2) is 12.8. The standard InChI is InChI=1S/C28H37ClN4O5/c1-16-11-12-19(15-18(16)3)24(25(35)32-23-17(2)9-8-10-20(23)29)33(7)26(36)21(13-14-22(30)34)31-27(37)38-28(4,5)6/h8-12,15,21,24H,13-14H2,1-7H3,(H2,30,34)(H,31,37)(H,32,35). The molecule has 0 aliphatic rings. The Morgan fingerprint density at radius 2 is 1.68 bits per heavy atom. The van der Waals surface area contributed by atoms with Crippen molar-refractivity contribution in [2.75, 3.05) is 12.4 Å². The van der Waals surface area contributed by atoms with Gasteiger partial charge in [0.15, 0.2) is 0 Å². The number of nitrogens with one attached hydrogen (secondary N) is 2. The zero-order valence-electron chi connectivity index (χ0n) is 23.0. The van der Waals surface area contributed by atoms with E-state index >= 15 is 0 Å². The maximum absolute atomic E-state index is 13.7. The zero-order chi connectivity index (χ0) is 28.8. The van der Waals surface area contributed by atoms with Gasteiger partial charge in [-0.05, 0) is 76.3 Å². The molecule has 38 heavy (non-hydrogen) atoms. The van der Waals surface area contributed by atoms with Gasteiger partial charge in [0, 0.05) is 13.5 Å². The number of rotatable bonds is 9. The lowest BCUT2D eigenvalue weighted by Gasteiger charge is -2.32. The maximum atomic E-state index is 13.7. The second-order valence-corrected chi connectivity index (χ2v) is 10.7. The number of hydrogen-bond donors (Lipinski definition) is 3. The van der Waals surface area contributed by atoms with Crippen molar-refractivity contribution in [2.24, 2.45) is 5.73 Å². The number of alkyl carbamates (subject to hydrolysis) is 1. The molecule has 0 fully saturated rings. The number of nitrogens with two attached hydrogens (primary N) is 1. The van der Waals surface area contributed by atoms with Crippen LogP contribution in [0.3, 0.4) is 0 Å². The van der Waals surface area contributed by atoms with Crippen LogP contribution in [0.1, 0.15) is 61.9 Å². The maximum Gasteiger partial charge on any atom is 0.408 e. The van der Waals surface area contributed by atoms with Crippen LogP contribution >= 0.6 is 11.6 Å². The number of benzene rings is 2. The van der Waals surface area contributed by atoms with Crippen molar-refractivity contribution in [1.29, 1.82) is 0 Å². The molecule has 2 aromatic carbocycles. The molecule has 2 atom stereocenters. The predicted molar refractivity (Wildman–Crippen MR) is 148 cm³/mol. The van der Waals surface area contributed by atoms with Crippen LogP contribution in [0.2, 0.25) is 5.02 Å². The number of likely N-dealkylation sites (N-methyl/N-ethyl adjacent to an activating group) is 1. The Morgan fingerprint density at radius 1 is 1.03 bits per heavy atom. The third-order valence-corrected chi connectivity index (χ3v) is 6.28. The first-order valence-electron chi connectivity index (χ1n) is 12.3. The number of primary amides is 1. The van der Waals surface area contributed by atoms with E-state index in [1.807, 2.05) is 39.0 Å². The van der Waals surface area contributed by atoms with Crippen LogP contribution < -0.4 is 16.4 Å². The number of para-hydroxylation sites is 1. The highest BCUT2D eigenvalue weighted by atomic mass is 35.5. The highest BCUT2D eigenvalue weighted by Gasteiger charge is 2.34. The summed E-state index contributed by atoms with van der Waals surface area (Å²) in [5.74, 6) is -1.72. The predicted octanol–water partition coefficient (Wildman–Crippen LogP) is 4.56. The van der Waals surface area contributed by atoms with Crippen LogP contribution in [-0.2, 0) is 19.1 Å². The molecule has 2 rings (SSSR count). The van der Waals surface area contributed by atoms with Gasteiger partial charge in [-0.15, -0.1) is 0 Å². The van der Waals surface area contributed by atoms with Gasteiger partial charge < -0.3 is 26.0 Å². The molecule has 0 heterocycles.